The van der Waals surface area contributed by atoms with E-state index in [4.69, 9.17) is 9.84 Å². The van der Waals surface area contributed by atoms with Gasteiger partial charge in [0.15, 0.2) is 11.3 Å². The Labute approximate surface area is 172 Å². The van der Waals surface area contributed by atoms with E-state index in [0.29, 0.717) is 11.3 Å². The van der Waals surface area contributed by atoms with Gasteiger partial charge in [0.05, 0.1) is 37.3 Å². The van der Waals surface area contributed by atoms with Gasteiger partial charge in [-0.25, -0.2) is 14.5 Å². The summed E-state index contributed by atoms with van der Waals surface area (Å²) in [6.45, 7) is 4.71. The highest BCUT2D eigenvalue weighted by Gasteiger charge is 2.29. The fraction of sp³-hybridized carbons (Fsp3) is 0.333. The van der Waals surface area contributed by atoms with Gasteiger partial charge in [-0.15, -0.1) is 0 Å². The number of fused-ring (bicyclic) bond motifs is 2. The fourth-order valence-corrected chi connectivity index (χ4v) is 3.78. The van der Waals surface area contributed by atoms with Crippen LogP contribution in [0.5, 0.6) is 0 Å². The van der Waals surface area contributed by atoms with E-state index in [1.54, 1.807) is 6.20 Å². The normalized spacial score (nSPS) is 19.2. The molecule has 0 saturated carbocycles. The molecule has 30 heavy (non-hydrogen) atoms. The van der Waals surface area contributed by atoms with Crippen molar-refractivity contribution in [3.05, 3.63) is 48.5 Å². The number of hydrogen-bond donors (Lipinski definition) is 2. The minimum absolute atomic E-state index is 0.217. The van der Waals surface area contributed by atoms with Gasteiger partial charge in [-0.3, -0.25) is 4.79 Å². The first kappa shape index (κ1) is 18.7. The molecule has 1 amide bonds. The van der Waals surface area contributed by atoms with Crippen molar-refractivity contribution in [2.75, 3.05) is 13.2 Å². The molecule has 9 heteroatoms. The van der Waals surface area contributed by atoms with Gasteiger partial charge in [-0.2, -0.15) is 5.10 Å². The van der Waals surface area contributed by atoms with Crippen molar-refractivity contribution in [3.63, 3.8) is 0 Å². The molecule has 4 aromatic rings. The molecule has 0 aromatic carbocycles. The number of ether oxygens (including phenoxy) is 1. The maximum atomic E-state index is 12.8. The molecule has 0 bridgehead atoms. The molecule has 1 aliphatic rings. The summed E-state index contributed by atoms with van der Waals surface area (Å²) in [4.78, 5) is 21.6. The zero-order valence-electron chi connectivity index (χ0n) is 16.7. The van der Waals surface area contributed by atoms with Crippen LogP contribution in [0.15, 0.2) is 42.9 Å². The number of amides is 1. The quantitative estimate of drug-likeness (QED) is 0.535. The second-order valence-corrected chi connectivity index (χ2v) is 7.74. The zero-order chi connectivity index (χ0) is 20.8. The van der Waals surface area contributed by atoms with Gasteiger partial charge in [0.25, 0.3) is 5.91 Å². The summed E-state index contributed by atoms with van der Waals surface area (Å²) in [6.07, 6.45) is 4.59. The summed E-state index contributed by atoms with van der Waals surface area (Å²) < 4.78 is 8.84. The molecule has 0 aliphatic carbocycles. The SMILES string of the molecule is CC(C)n1cc(-c2ccc3ncc(C(=O)NC4COCC4O)n3n2)c2cccnc21. The van der Waals surface area contributed by atoms with Gasteiger partial charge in [-0.05, 0) is 38.1 Å². The minimum atomic E-state index is -0.716. The van der Waals surface area contributed by atoms with Crippen LogP contribution in [0.2, 0.25) is 0 Å². The van der Waals surface area contributed by atoms with Crippen LogP contribution in [-0.4, -0.2) is 60.5 Å². The van der Waals surface area contributed by atoms with E-state index >= 15 is 0 Å². The molecule has 1 fully saturated rings. The Morgan fingerprint density at radius 1 is 1.27 bits per heavy atom. The highest BCUT2D eigenvalue weighted by molar-refractivity contribution is 5.94. The second kappa shape index (κ2) is 7.19. The molecule has 1 saturated heterocycles. The Hall–Kier alpha value is -3.30. The van der Waals surface area contributed by atoms with Gasteiger partial charge < -0.3 is 19.7 Å². The first-order chi connectivity index (χ1) is 14.5. The minimum Gasteiger partial charge on any atom is -0.388 e. The maximum Gasteiger partial charge on any atom is 0.272 e. The molecular weight excluding hydrogens is 384 g/mol. The number of pyridine rings is 1. The van der Waals surface area contributed by atoms with Gasteiger partial charge in [0.1, 0.15) is 5.65 Å². The number of nitrogens with zero attached hydrogens (tertiary/aromatic N) is 5. The molecule has 0 radical (unpaired) electrons. The van der Waals surface area contributed by atoms with Crippen LogP contribution < -0.4 is 5.32 Å². The van der Waals surface area contributed by atoms with E-state index in [9.17, 15) is 9.90 Å². The topological polar surface area (TPSA) is 107 Å². The Morgan fingerprint density at radius 2 is 2.13 bits per heavy atom. The Bertz CT molecular complexity index is 1240. The first-order valence-corrected chi connectivity index (χ1v) is 9.90. The van der Waals surface area contributed by atoms with Crippen molar-refractivity contribution >= 4 is 22.6 Å². The number of aromatic nitrogens is 5. The standard InChI is InChI=1S/C21H22N6O3/c1-12(2)26-9-14(13-4-3-7-22-20(13)26)15-5-6-19-23-8-17(27(19)25-15)21(29)24-16-10-30-11-18(16)28/h3-9,12,16,18,28H,10-11H2,1-2H3,(H,24,29). The van der Waals surface area contributed by atoms with Crippen molar-refractivity contribution in [1.82, 2.24) is 29.5 Å². The molecule has 4 aromatic heterocycles. The molecule has 9 nitrogen and oxygen atoms in total. The van der Waals surface area contributed by atoms with Crippen molar-refractivity contribution < 1.29 is 14.6 Å². The van der Waals surface area contributed by atoms with Crippen LogP contribution in [0, 0.1) is 0 Å². The van der Waals surface area contributed by atoms with Gasteiger partial charge in [0.2, 0.25) is 0 Å². The number of aliphatic hydroxyl groups excluding tert-OH is 1. The molecule has 5 heterocycles. The summed E-state index contributed by atoms with van der Waals surface area (Å²) in [6, 6.07) is 7.45. The van der Waals surface area contributed by atoms with Crippen LogP contribution in [-0.2, 0) is 4.74 Å². The molecule has 154 valence electrons. The summed E-state index contributed by atoms with van der Waals surface area (Å²) in [7, 11) is 0. The lowest BCUT2D eigenvalue weighted by molar-refractivity contribution is 0.0879. The number of carbonyl (C=O) groups is 1. The molecule has 1 aliphatic heterocycles. The summed E-state index contributed by atoms with van der Waals surface area (Å²) >= 11 is 0. The Kier molecular flexibility index (Phi) is 4.48. The lowest BCUT2D eigenvalue weighted by Crippen LogP contribution is -2.42. The van der Waals surface area contributed by atoms with E-state index < -0.39 is 12.1 Å². The second-order valence-electron chi connectivity index (χ2n) is 7.74. The van der Waals surface area contributed by atoms with Crippen molar-refractivity contribution in [3.8, 4) is 11.3 Å². The fourth-order valence-electron chi connectivity index (χ4n) is 3.78. The van der Waals surface area contributed by atoms with Crippen LogP contribution in [0.4, 0.5) is 0 Å². The largest absolute Gasteiger partial charge is 0.388 e. The van der Waals surface area contributed by atoms with Crippen LogP contribution >= 0.6 is 0 Å². The van der Waals surface area contributed by atoms with Crippen molar-refractivity contribution in [2.24, 2.45) is 0 Å². The van der Waals surface area contributed by atoms with Crippen LogP contribution in [0.25, 0.3) is 27.9 Å². The number of carbonyl (C=O) groups excluding carboxylic acids is 1. The molecule has 0 spiro atoms. The summed E-state index contributed by atoms with van der Waals surface area (Å²) in [5.74, 6) is -0.354. The average Bonchev–Trinajstić information content (AvgIpc) is 3.44. The number of aliphatic hydroxyl groups is 1. The number of rotatable bonds is 4. The van der Waals surface area contributed by atoms with E-state index in [1.165, 1.54) is 10.7 Å². The zero-order valence-corrected chi connectivity index (χ0v) is 16.7. The van der Waals surface area contributed by atoms with Crippen molar-refractivity contribution in [2.45, 2.75) is 32.0 Å². The molecule has 5 rings (SSSR count). The van der Waals surface area contributed by atoms with Gasteiger partial charge in [-0.1, -0.05) is 0 Å². The van der Waals surface area contributed by atoms with Crippen LogP contribution in [0.3, 0.4) is 0 Å². The van der Waals surface area contributed by atoms with E-state index in [2.05, 4.69) is 33.7 Å². The average molecular weight is 406 g/mol. The molecule has 2 N–H and O–H groups in total. The Balaban J connectivity index is 1.57. The van der Waals surface area contributed by atoms with Crippen LogP contribution in [0.1, 0.15) is 30.4 Å². The third-order valence-corrected chi connectivity index (χ3v) is 5.38. The number of imidazole rings is 1. The van der Waals surface area contributed by atoms with Gasteiger partial charge in [0, 0.05) is 29.4 Å². The first-order valence-electron chi connectivity index (χ1n) is 9.90. The summed E-state index contributed by atoms with van der Waals surface area (Å²) in [5.41, 5.74) is 3.42. The monoisotopic (exact) mass is 406 g/mol. The maximum absolute atomic E-state index is 12.8. The number of hydrogen-bond acceptors (Lipinski definition) is 6. The third-order valence-electron chi connectivity index (χ3n) is 5.38. The van der Waals surface area contributed by atoms with E-state index in [-0.39, 0.29) is 25.2 Å². The highest BCUT2D eigenvalue weighted by atomic mass is 16.5. The number of nitrogens with one attached hydrogen (secondary N) is 1. The smallest absolute Gasteiger partial charge is 0.272 e. The lowest BCUT2D eigenvalue weighted by atomic mass is 10.1. The third kappa shape index (κ3) is 3.03. The Morgan fingerprint density at radius 3 is 2.90 bits per heavy atom. The summed E-state index contributed by atoms with van der Waals surface area (Å²) in [5, 5.41) is 18.4. The molecular formula is C21H22N6O3. The van der Waals surface area contributed by atoms with E-state index in [1.807, 2.05) is 30.5 Å². The van der Waals surface area contributed by atoms with Gasteiger partial charge >= 0.3 is 0 Å². The molecule has 2 unspecified atom stereocenters. The predicted octanol–water partition coefficient (Wildman–Crippen LogP) is 1.82. The lowest BCUT2D eigenvalue weighted by Gasteiger charge is -2.14. The van der Waals surface area contributed by atoms with Crippen molar-refractivity contribution in [1.29, 1.82) is 0 Å². The highest BCUT2D eigenvalue weighted by Crippen LogP contribution is 2.30. The van der Waals surface area contributed by atoms with E-state index in [0.717, 1.165) is 22.3 Å². The predicted molar refractivity (Wildman–Crippen MR) is 110 cm³/mol. The molecule has 2 atom stereocenters.